The molecule has 228 valence electrons. The SMILES string of the molecule is [2H]c1c([2H])c([2H])c(N(c2ccc3cc4c(cc3c2)=c2cc3cc(N(c5ccccc5C)c5c([2H])c([2H])c([2H])c([2H])c5[2H])ccc3cc2=4)c2ccccc2C)c([2H])c1[2H]. The summed E-state index contributed by atoms with van der Waals surface area (Å²) < 4.78 is 85.5. The van der Waals surface area contributed by atoms with Gasteiger partial charge in [0.1, 0.15) is 0 Å². The van der Waals surface area contributed by atoms with E-state index >= 15 is 0 Å². The number of para-hydroxylation sites is 4. The van der Waals surface area contributed by atoms with Gasteiger partial charge in [-0.3, -0.25) is 0 Å². The first-order chi connectivity index (χ1) is 27.8. The number of hydrogen-bond donors (Lipinski definition) is 0. The van der Waals surface area contributed by atoms with Gasteiger partial charge in [-0.15, -0.1) is 0 Å². The van der Waals surface area contributed by atoms with Gasteiger partial charge in [0.25, 0.3) is 0 Å². The zero-order valence-corrected chi connectivity index (χ0v) is 26.3. The summed E-state index contributed by atoms with van der Waals surface area (Å²) >= 11 is 0. The maximum absolute atomic E-state index is 8.85. The summed E-state index contributed by atoms with van der Waals surface area (Å²) in [6, 6.07) is 31.8. The summed E-state index contributed by atoms with van der Waals surface area (Å²) in [6.07, 6.45) is 0. The molecule has 8 aromatic carbocycles. The Balaban J connectivity index is 1.23. The van der Waals surface area contributed by atoms with Crippen LogP contribution in [0, 0.1) is 34.7 Å². The number of aryl methyl sites for hydroxylation is 2. The van der Waals surface area contributed by atoms with Crippen molar-refractivity contribution in [1.82, 2.24) is 0 Å². The van der Waals surface area contributed by atoms with Crippen LogP contribution in [0.15, 0.2) is 170 Å². The minimum Gasteiger partial charge on any atom is -0.310 e. The number of hydrogen-bond acceptors (Lipinski definition) is 2. The van der Waals surface area contributed by atoms with E-state index in [1.807, 2.05) is 98.8 Å². The first-order valence-electron chi connectivity index (χ1n) is 20.8. The fourth-order valence-corrected chi connectivity index (χ4v) is 6.79. The fourth-order valence-electron chi connectivity index (χ4n) is 6.79. The van der Waals surface area contributed by atoms with Crippen LogP contribution in [0.1, 0.15) is 24.8 Å². The van der Waals surface area contributed by atoms with Crippen molar-refractivity contribution >= 4 is 55.7 Å². The van der Waals surface area contributed by atoms with Crippen molar-refractivity contribution in [3.63, 3.8) is 0 Å². The highest BCUT2D eigenvalue weighted by Gasteiger charge is 2.17. The summed E-state index contributed by atoms with van der Waals surface area (Å²) in [7, 11) is 0. The Kier molecular flexibility index (Phi) is 4.59. The molecule has 8 aromatic rings. The molecular weight excluding hydrogens is 581 g/mol. The summed E-state index contributed by atoms with van der Waals surface area (Å²) in [5.41, 5.74) is 4.57. The summed E-state index contributed by atoms with van der Waals surface area (Å²) in [5, 5.41) is 8.08. The van der Waals surface area contributed by atoms with Crippen molar-refractivity contribution < 1.29 is 13.7 Å². The monoisotopic (exact) mass is 624 g/mol. The van der Waals surface area contributed by atoms with Gasteiger partial charge in [-0.1, -0.05) is 84.8 Å². The lowest BCUT2D eigenvalue weighted by atomic mass is 9.94. The first kappa shape index (κ1) is 19.5. The molecule has 0 heterocycles. The van der Waals surface area contributed by atoms with Gasteiger partial charge in [-0.05, 0) is 152 Å². The van der Waals surface area contributed by atoms with E-state index in [-0.39, 0.29) is 35.5 Å². The number of rotatable bonds is 6. The molecule has 1 aliphatic carbocycles. The largest absolute Gasteiger partial charge is 0.310 e. The molecule has 48 heavy (non-hydrogen) atoms. The lowest BCUT2D eigenvalue weighted by Gasteiger charge is -2.27. The summed E-state index contributed by atoms with van der Waals surface area (Å²) in [6.45, 7) is 3.86. The molecular formula is C46H34N2. The van der Waals surface area contributed by atoms with E-state index in [1.165, 1.54) is 0 Å². The third-order valence-corrected chi connectivity index (χ3v) is 9.15. The molecule has 2 nitrogen and oxygen atoms in total. The van der Waals surface area contributed by atoms with Crippen LogP contribution in [0.4, 0.5) is 34.1 Å². The van der Waals surface area contributed by atoms with Gasteiger partial charge in [0, 0.05) is 34.1 Å². The highest BCUT2D eigenvalue weighted by atomic mass is 15.1. The van der Waals surface area contributed by atoms with Crippen molar-refractivity contribution in [2.75, 3.05) is 9.80 Å². The van der Waals surface area contributed by atoms with Gasteiger partial charge < -0.3 is 9.80 Å². The molecule has 0 saturated heterocycles. The van der Waals surface area contributed by atoms with Gasteiger partial charge in [0.15, 0.2) is 0 Å². The van der Waals surface area contributed by atoms with Gasteiger partial charge in [0.05, 0.1) is 13.7 Å². The Bertz CT molecular complexity index is 3020. The Morgan fingerprint density at radius 2 is 0.750 bits per heavy atom. The minimum atomic E-state index is -0.448. The first-order valence-corrected chi connectivity index (χ1v) is 15.8. The minimum absolute atomic E-state index is 0.0690. The second kappa shape index (κ2) is 11.3. The van der Waals surface area contributed by atoms with Gasteiger partial charge in [-0.25, -0.2) is 0 Å². The zero-order chi connectivity index (χ0) is 40.9. The van der Waals surface area contributed by atoms with Crippen molar-refractivity contribution in [3.05, 3.63) is 202 Å². The van der Waals surface area contributed by atoms with Crippen molar-refractivity contribution in [1.29, 1.82) is 0 Å². The third-order valence-electron chi connectivity index (χ3n) is 9.15. The highest BCUT2D eigenvalue weighted by molar-refractivity contribution is 5.92. The molecule has 0 saturated carbocycles. The van der Waals surface area contributed by atoms with Crippen LogP contribution in [0.2, 0.25) is 0 Å². The second-order valence-corrected chi connectivity index (χ2v) is 12.0. The summed E-state index contributed by atoms with van der Waals surface area (Å²) in [4.78, 5) is 3.49. The second-order valence-electron chi connectivity index (χ2n) is 12.0. The van der Waals surface area contributed by atoms with Crippen LogP contribution < -0.4 is 9.80 Å². The normalized spacial score (nSPS) is 14.5. The van der Waals surface area contributed by atoms with Crippen molar-refractivity contribution in [2.24, 2.45) is 0 Å². The zero-order valence-electron chi connectivity index (χ0n) is 36.3. The van der Waals surface area contributed by atoms with E-state index in [0.717, 1.165) is 53.5 Å². The number of anilines is 6. The Labute approximate surface area is 294 Å². The van der Waals surface area contributed by atoms with Crippen molar-refractivity contribution in [2.45, 2.75) is 13.8 Å². The van der Waals surface area contributed by atoms with Gasteiger partial charge >= 0.3 is 0 Å². The number of benzene rings is 8. The molecule has 0 unspecified atom stereocenters. The average Bonchev–Trinajstić information content (AvgIpc) is 3.23. The van der Waals surface area contributed by atoms with E-state index in [1.54, 1.807) is 9.80 Å². The third kappa shape index (κ3) is 4.65. The van der Waals surface area contributed by atoms with Crippen LogP contribution in [0.25, 0.3) is 21.5 Å². The Morgan fingerprint density at radius 3 is 1.15 bits per heavy atom. The lowest BCUT2D eigenvalue weighted by Crippen LogP contribution is -2.11. The van der Waals surface area contributed by atoms with E-state index in [0.29, 0.717) is 22.7 Å². The van der Waals surface area contributed by atoms with Crippen LogP contribution >= 0.6 is 0 Å². The van der Waals surface area contributed by atoms with E-state index in [9.17, 15) is 0 Å². The molecule has 0 radical (unpaired) electrons. The maximum atomic E-state index is 8.85. The molecule has 0 amide bonds. The predicted octanol–water partition coefficient (Wildman–Crippen LogP) is 12.4. The molecule has 0 aromatic heterocycles. The lowest BCUT2D eigenvalue weighted by molar-refractivity contribution is 1.25. The van der Waals surface area contributed by atoms with E-state index in [4.69, 9.17) is 13.7 Å². The maximum Gasteiger partial charge on any atom is 0.0645 e. The molecule has 0 N–H and O–H groups in total. The number of nitrogens with zero attached hydrogens (tertiary/aromatic N) is 2. The van der Waals surface area contributed by atoms with Crippen LogP contribution in [-0.4, -0.2) is 0 Å². The molecule has 9 rings (SSSR count). The average molecular weight is 625 g/mol. The van der Waals surface area contributed by atoms with Gasteiger partial charge in [0.2, 0.25) is 0 Å². The van der Waals surface area contributed by atoms with Crippen molar-refractivity contribution in [3.8, 4) is 0 Å². The quantitative estimate of drug-likeness (QED) is 0.182. The molecule has 1 aliphatic rings. The molecule has 0 spiro atoms. The molecule has 2 heteroatoms. The fraction of sp³-hybridized carbons (Fsp3) is 0.0435. The topological polar surface area (TPSA) is 6.48 Å². The Morgan fingerprint density at radius 1 is 0.375 bits per heavy atom. The van der Waals surface area contributed by atoms with E-state index < -0.39 is 36.3 Å². The van der Waals surface area contributed by atoms with Gasteiger partial charge in [-0.2, -0.15) is 0 Å². The molecule has 0 bridgehead atoms. The smallest absolute Gasteiger partial charge is 0.0645 e. The molecule has 0 aliphatic heterocycles. The highest BCUT2D eigenvalue weighted by Crippen LogP contribution is 2.40. The molecule has 0 atom stereocenters. The molecule has 0 fully saturated rings. The van der Waals surface area contributed by atoms with Crippen LogP contribution in [0.5, 0.6) is 0 Å². The Hall–Kier alpha value is -6.12. The summed E-state index contributed by atoms with van der Waals surface area (Å²) in [5.74, 6) is 0. The van der Waals surface area contributed by atoms with E-state index in [2.05, 4.69) is 24.3 Å². The standard InChI is InChI=1S/C46H34N2/c1-31-13-9-11-19-45(31)47(37-15-5-3-6-16-37)39-23-21-33-27-41-42-28-34-22-24-40(26-36(34)30-44(42)43(41)29-35(33)25-39)48(38-17-7-4-8-18-38)46-20-12-10-14-32(46)2/h3-30H,1-2H3/i3D,4D,5D,6D,7D,8D,15D,16D,17D,18D. The number of fused-ring (bicyclic) bond motifs is 4. The predicted molar refractivity (Wildman–Crippen MR) is 202 cm³/mol. The van der Waals surface area contributed by atoms with Crippen LogP contribution in [0.3, 0.4) is 0 Å². The van der Waals surface area contributed by atoms with Crippen LogP contribution in [-0.2, 0) is 0 Å².